The maximum atomic E-state index is 6.10. The van der Waals surface area contributed by atoms with E-state index in [2.05, 4.69) is 97.1 Å². The molecule has 5 aromatic rings. The summed E-state index contributed by atoms with van der Waals surface area (Å²) in [6, 6.07) is 47.5. The van der Waals surface area contributed by atoms with Gasteiger partial charge in [-0.15, -0.1) is 0 Å². The van der Waals surface area contributed by atoms with Crippen LogP contribution in [0.1, 0.15) is 0 Å². The minimum absolute atomic E-state index is 0.811. The van der Waals surface area contributed by atoms with Crippen molar-refractivity contribution in [1.82, 2.24) is 0 Å². The normalized spacial score (nSPS) is 10.1. The third kappa shape index (κ3) is 5.09. The van der Waals surface area contributed by atoms with Gasteiger partial charge in [-0.25, -0.2) is 0 Å². The van der Waals surface area contributed by atoms with Gasteiger partial charge in [-0.2, -0.15) is 0 Å². The van der Waals surface area contributed by atoms with Crippen LogP contribution in [0.5, 0.6) is 0 Å². The third-order valence-corrected chi connectivity index (χ3v) is 5.14. The van der Waals surface area contributed by atoms with Crippen LogP contribution in [0, 0.1) is 0 Å². The van der Waals surface area contributed by atoms with Crippen molar-refractivity contribution in [2.75, 3.05) is 5.73 Å². The largest absolute Gasteiger partial charge is 0.398 e. The zero-order valence-electron chi connectivity index (χ0n) is 17.4. The highest BCUT2D eigenvalue weighted by molar-refractivity contribution is 5.88. The first-order valence-corrected chi connectivity index (χ1v) is 10.4. The summed E-state index contributed by atoms with van der Waals surface area (Å²) in [6.45, 7) is 0. The maximum absolute atomic E-state index is 6.10. The molecule has 150 valence electrons. The van der Waals surface area contributed by atoms with Crippen molar-refractivity contribution in [3.63, 3.8) is 0 Å². The first-order valence-electron chi connectivity index (χ1n) is 10.4. The van der Waals surface area contributed by atoms with E-state index in [9.17, 15) is 0 Å². The summed E-state index contributed by atoms with van der Waals surface area (Å²) in [6.07, 6.45) is 0. The van der Waals surface area contributed by atoms with Gasteiger partial charge in [0.2, 0.25) is 0 Å². The van der Waals surface area contributed by atoms with E-state index in [1.54, 1.807) is 0 Å². The van der Waals surface area contributed by atoms with Gasteiger partial charge in [0, 0.05) is 11.3 Å². The molecule has 0 atom stereocenters. The minimum atomic E-state index is 0.811. The Balaban J connectivity index is 0.000000166. The highest BCUT2D eigenvalue weighted by Gasteiger charge is 2.08. The Morgan fingerprint density at radius 1 is 0.290 bits per heavy atom. The molecule has 0 saturated heterocycles. The third-order valence-electron chi connectivity index (χ3n) is 5.14. The lowest BCUT2D eigenvalue weighted by Crippen LogP contribution is -1.91. The van der Waals surface area contributed by atoms with Gasteiger partial charge in [0.25, 0.3) is 0 Å². The number of rotatable bonds is 3. The topological polar surface area (TPSA) is 26.0 Å². The molecule has 0 aromatic heterocycles. The molecule has 0 saturated carbocycles. The lowest BCUT2D eigenvalue weighted by atomic mass is 9.94. The predicted molar refractivity (Wildman–Crippen MR) is 134 cm³/mol. The van der Waals surface area contributed by atoms with Crippen molar-refractivity contribution in [2.24, 2.45) is 0 Å². The van der Waals surface area contributed by atoms with Gasteiger partial charge in [0.1, 0.15) is 0 Å². The van der Waals surface area contributed by atoms with Gasteiger partial charge >= 0.3 is 0 Å². The van der Waals surface area contributed by atoms with Gasteiger partial charge < -0.3 is 5.73 Å². The fourth-order valence-electron chi connectivity index (χ4n) is 3.59. The van der Waals surface area contributed by atoms with E-state index in [1.165, 1.54) is 27.8 Å². The maximum Gasteiger partial charge on any atom is 0.0393 e. The molecule has 0 aliphatic heterocycles. The monoisotopic (exact) mass is 399 g/mol. The number of para-hydroxylation sites is 1. The van der Waals surface area contributed by atoms with Crippen LogP contribution in [0.25, 0.3) is 33.4 Å². The van der Waals surface area contributed by atoms with Crippen molar-refractivity contribution in [3.8, 4) is 33.4 Å². The summed E-state index contributed by atoms with van der Waals surface area (Å²) < 4.78 is 0. The van der Waals surface area contributed by atoms with Crippen molar-refractivity contribution in [2.45, 2.75) is 0 Å². The van der Waals surface area contributed by atoms with Gasteiger partial charge in [-0.1, -0.05) is 133 Å². The zero-order chi connectivity index (χ0) is 21.3. The fraction of sp³-hybridized carbons (Fsp3) is 0. The standard InChI is InChI=1S/C18H15N.C12H10/c19-18-13-7-6-12-17(18)16-11-5-4-10-15(16)14-8-2-1-3-9-14;1-3-7-11(8-4-1)12-9-5-2-6-10-12/h1-13H,19H2;1-10H. The molecule has 0 heterocycles. The van der Waals surface area contributed by atoms with Crippen LogP contribution >= 0.6 is 0 Å². The molecule has 1 nitrogen and oxygen atoms in total. The molecule has 0 bridgehead atoms. The summed E-state index contributed by atoms with van der Waals surface area (Å²) in [5.74, 6) is 0. The quantitative estimate of drug-likeness (QED) is 0.306. The molecule has 2 N–H and O–H groups in total. The molecule has 0 radical (unpaired) electrons. The molecule has 5 aromatic carbocycles. The molecule has 0 unspecified atom stereocenters. The molecule has 31 heavy (non-hydrogen) atoms. The molecular formula is C30H25N. The molecule has 0 aliphatic carbocycles. The number of nitrogens with two attached hydrogens (primary N) is 1. The molecular weight excluding hydrogens is 374 g/mol. The van der Waals surface area contributed by atoms with Crippen LogP contribution in [-0.4, -0.2) is 0 Å². The van der Waals surface area contributed by atoms with E-state index < -0.39 is 0 Å². The Bertz CT molecular complexity index is 1180. The van der Waals surface area contributed by atoms with Gasteiger partial charge in [0.15, 0.2) is 0 Å². The van der Waals surface area contributed by atoms with Crippen molar-refractivity contribution < 1.29 is 0 Å². The zero-order valence-corrected chi connectivity index (χ0v) is 17.4. The Hall–Kier alpha value is -4.10. The van der Waals surface area contributed by atoms with Crippen molar-refractivity contribution in [3.05, 3.63) is 140 Å². The number of hydrogen-bond donors (Lipinski definition) is 1. The Morgan fingerprint density at radius 2 is 0.645 bits per heavy atom. The van der Waals surface area contributed by atoms with E-state index in [1.807, 2.05) is 42.5 Å². The summed E-state index contributed by atoms with van der Waals surface area (Å²) >= 11 is 0. The van der Waals surface area contributed by atoms with Gasteiger partial charge in [-0.05, 0) is 33.9 Å². The van der Waals surface area contributed by atoms with E-state index in [-0.39, 0.29) is 0 Å². The van der Waals surface area contributed by atoms with Crippen LogP contribution < -0.4 is 5.73 Å². The molecule has 0 amide bonds. The van der Waals surface area contributed by atoms with Gasteiger partial charge in [-0.3, -0.25) is 0 Å². The lowest BCUT2D eigenvalue weighted by Gasteiger charge is -2.11. The smallest absolute Gasteiger partial charge is 0.0393 e. The van der Waals surface area contributed by atoms with E-state index >= 15 is 0 Å². The average Bonchev–Trinajstić information content (AvgIpc) is 2.86. The molecule has 5 rings (SSSR count). The molecule has 0 fully saturated rings. The number of benzene rings is 5. The van der Waals surface area contributed by atoms with Gasteiger partial charge in [0.05, 0.1) is 0 Å². The van der Waals surface area contributed by atoms with Crippen molar-refractivity contribution in [1.29, 1.82) is 0 Å². The van der Waals surface area contributed by atoms with E-state index in [0.717, 1.165) is 11.3 Å². The second-order valence-electron chi connectivity index (χ2n) is 7.23. The van der Waals surface area contributed by atoms with Crippen LogP contribution in [0.15, 0.2) is 140 Å². The number of hydrogen-bond acceptors (Lipinski definition) is 1. The fourth-order valence-corrected chi connectivity index (χ4v) is 3.59. The second kappa shape index (κ2) is 10.1. The lowest BCUT2D eigenvalue weighted by molar-refractivity contribution is 1.58. The second-order valence-corrected chi connectivity index (χ2v) is 7.23. The van der Waals surface area contributed by atoms with E-state index in [0.29, 0.717) is 0 Å². The minimum Gasteiger partial charge on any atom is -0.398 e. The van der Waals surface area contributed by atoms with Crippen LogP contribution in [-0.2, 0) is 0 Å². The Morgan fingerprint density at radius 3 is 1.13 bits per heavy atom. The molecule has 1 heteroatoms. The molecule has 0 aliphatic rings. The predicted octanol–water partition coefficient (Wildman–Crippen LogP) is 7.96. The summed E-state index contributed by atoms with van der Waals surface area (Å²) in [4.78, 5) is 0. The van der Waals surface area contributed by atoms with E-state index in [4.69, 9.17) is 5.73 Å². The summed E-state index contributed by atoms with van der Waals surface area (Å²) in [5.41, 5.74) is 14.1. The number of nitrogen functional groups attached to an aromatic ring is 1. The van der Waals surface area contributed by atoms with Crippen LogP contribution in [0.4, 0.5) is 5.69 Å². The molecule has 0 spiro atoms. The number of anilines is 1. The first-order chi connectivity index (χ1) is 15.3. The van der Waals surface area contributed by atoms with Crippen molar-refractivity contribution >= 4 is 5.69 Å². The SMILES string of the molecule is Nc1ccccc1-c1ccccc1-c1ccccc1.c1ccc(-c2ccccc2)cc1. The highest BCUT2D eigenvalue weighted by atomic mass is 14.6. The highest BCUT2D eigenvalue weighted by Crippen LogP contribution is 2.34. The van der Waals surface area contributed by atoms with Crippen LogP contribution in [0.3, 0.4) is 0 Å². The summed E-state index contributed by atoms with van der Waals surface area (Å²) in [5, 5.41) is 0. The average molecular weight is 400 g/mol. The Kier molecular flexibility index (Phi) is 6.57. The Labute approximate surface area is 184 Å². The first kappa shape index (κ1) is 20.2. The van der Waals surface area contributed by atoms with Crippen LogP contribution in [0.2, 0.25) is 0 Å². The summed E-state index contributed by atoms with van der Waals surface area (Å²) in [7, 11) is 0.